The lowest BCUT2D eigenvalue weighted by Gasteiger charge is -2.28. The molecule has 0 rings (SSSR count). The van der Waals surface area contributed by atoms with Crippen LogP contribution in [0.5, 0.6) is 0 Å². The van der Waals surface area contributed by atoms with E-state index in [9.17, 15) is 4.79 Å². The van der Waals surface area contributed by atoms with Crippen molar-refractivity contribution in [3.63, 3.8) is 0 Å². The number of carbonyl (C=O) groups excluding carboxylic acids is 1. The van der Waals surface area contributed by atoms with Crippen LogP contribution < -0.4 is 5.73 Å². The first kappa shape index (κ1) is 13.4. The number of nitrogens with two attached hydrogens (primary N) is 1. The van der Waals surface area contributed by atoms with Crippen molar-refractivity contribution < 1.29 is 9.53 Å². The van der Waals surface area contributed by atoms with Crippen molar-refractivity contribution in [2.24, 2.45) is 11.1 Å². The number of ether oxygens (including phenoxy) is 1. The van der Waals surface area contributed by atoms with Gasteiger partial charge in [0.2, 0.25) is 5.91 Å². The summed E-state index contributed by atoms with van der Waals surface area (Å²) in [4.78, 5) is 13.3. The van der Waals surface area contributed by atoms with Crippen molar-refractivity contribution in [1.29, 1.82) is 0 Å². The SMILES string of the molecule is COCC(N)C(=O)N(C)CC(C)(C)C. The number of nitrogens with zero attached hydrogens (tertiary/aromatic N) is 1. The zero-order chi connectivity index (χ0) is 11.4. The van der Waals surface area contributed by atoms with Crippen molar-refractivity contribution >= 4 is 5.91 Å². The van der Waals surface area contributed by atoms with Crippen LogP contribution in [0.4, 0.5) is 0 Å². The molecule has 1 unspecified atom stereocenters. The van der Waals surface area contributed by atoms with E-state index in [0.29, 0.717) is 6.54 Å². The second-order valence-electron chi connectivity index (χ2n) is 4.82. The maximum Gasteiger partial charge on any atom is 0.241 e. The van der Waals surface area contributed by atoms with Gasteiger partial charge in [0.25, 0.3) is 0 Å². The van der Waals surface area contributed by atoms with E-state index in [0.717, 1.165) is 0 Å². The Morgan fingerprint density at radius 1 is 1.50 bits per heavy atom. The number of hydrogen-bond donors (Lipinski definition) is 1. The normalized spacial score (nSPS) is 13.9. The van der Waals surface area contributed by atoms with Gasteiger partial charge in [-0.3, -0.25) is 4.79 Å². The standard InChI is InChI=1S/C10H22N2O2/c1-10(2,3)7-12(4)9(13)8(11)6-14-5/h8H,6-7,11H2,1-5H3. The maximum atomic E-state index is 11.6. The lowest BCUT2D eigenvalue weighted by atomic mass is 9.96. The van der Waals surface area contributed by atoms with Crippen LogP contribution >= 0.6 is 0 Å². The average Bonchev–Trinajstić information content (AvgIpc) is 2.00. The molecule has 0 fully saturated rings. The molecule has 1 atom stereocenters. The van der Waals surface area contributed by atoms with Gasteiger partial charge in [-0.25, -0.2) is 0 Å². The van der Waals surface area contributed by atoms with Crippen molar-refractivity contribution in [3.8, 4) is 0 Å². The Hall–Kier alpha value is -0.610. The van der Waals surface area contributed by atoms with Crippen molar-refractivity contribution in [2.75, 3.05) is 27.3 Å². The molecule has 0 heterocycles. The Balaban J connectivity index is 4.12. The van der Waals surface area contributed by atoms with Crippen LogP contribution in [0.3, 0.4) is 0 Å². The fourth-order valence-corrected chi connectivity index (χ4v) is 1.32. The summed E-state index contributed by atoms with van der Waals surface area (Å²) in [6.07, 6.45) is 0. The van der Waals surface area contributed by atoms with Gasteiger partial charge in [0, 0.05) is 20.7 Å². The van der Waals surface area contributed by atoms with Crippen LogP contribution in [0, 0.1) is 5.41 Å². The molecule has 14 heavy (non-hydrogen) atoms. The third-order valence-corrected chi connectivity index (χ3v) is 1.75. The number of hydrogen-bond acceptors (Lipinski definition) is 3. The van der Waals surface area contributed by atoms with E-state index >= 15 is 0 Å². The second-order valence-corrected chi connectivity index (χ2v) is 4.82. The summed E-state index contributed by atoms with van der Waals surface area (Å²) in [7, 11) is 3.31. The fourth-order valence-electron chi connectivity index (χ4n) is 1.32. The van der Waals surface area contributed by atoms with Gasteiger partial charge in [0.15, 0.2) is 0 Å². The lowest BCUT2D eigenvalue weighted by Crippen LogP contribution is -2.46. The summed E-state index contributed by atoms with van der Waals surface area (Å²) in [6.45, 7) is 7.21. The van der Waals surface area contributed by atoms with Gasteiger partial charge < -0.3 is 15.4 Å². The van der Waals surface area contributed by atoms with Crippen molar-refractivity contribution in [2.45, 2.75) is 26.8 Å². The third-order valence-electron chi connectivity index (χ3n) is 1.75. The van der Waals surface area contributed by atoms with Crippen molar-refractivity contribution in [1.82, 2.24) is 4.90 Å². The first-order chi connectivity index (χ1) is 6.28. The quantitative estimate of drug-likeness (QED) is 0.720. The van der Waals surface area contributed by atoms with Gasteiger partial charge in [0.05, 0.1) is 6.61 Å². The average molecular weight is 202 g/mol. The van der Waals surface area contributed by atoms with E-state index in [1.807, 2.05) is 0 Å². The molecule has 84 valence electrons. The summed E-state index contributed by atoms with van der Waals surface area (Å²) in [5.74, 6) is -0.0678. The molecule has 0 aromatic carbocycles. The highest BCUT2D eigenvalue weighted by Crippen LogP contribution is 2.14. The Morgan fingerprint density at radius 2 is 2.00 bits per heavy atom. The highest BCUT2D eigenvalue weighted by atomic mass is 16.5. The molecule has 2 N–H and O–H groups in total. The predicted molar refractivity (Wildman–Crippen MR) is 56.9 cm³/mol. The summed E-state index contributed by atoms with van der Waals surface area (Å²) < 4.78 is 4.83. The Kier molecular flexibility index (Phi) is 5.08. The third kappa shape index (κ3) is 5.19. The molecule has 1 amide bonds. The summed E-state index contributed by atoms with van der Waals surface area (Å²) in [5.41, 5.74) is 5.73. The first-order valence-corrected chi connectivity index (χ1v) is 4.77. The van der Waals surface area contributed by atoms with Crippen LogP contribution in [0.15, 0.2) is 0 Å². The summed E-state index contributed by atoms with van der Waals surface area (Å²) in [5, 5.41) is 0. The lowest BCUT2D eigenvalue weighted by molar-refractivity contribution is -0.133. The highest BCUT2D eigenvalue weighted by Gasteiger charge is 2.21. The van der Waals surface area contributed by atoms with Crippen LogP contribution in [-0.4, -0.2) is 44.2 Å². The Bertz CT molecular complexity index is 187. The number of rotatable bonds is 4. The number of amides is 1. The van der Waals surface area contributed by atoms with Gasteiger partial charge in [-0.15, -0.1) is 0 Å². The van der Waals surface area contributed by atoms with E-state index < -0.39 is 6.04 Å². The molecule has 0 aromatic rings. The molecule has 0 saturated heterocycles. The summed E-state index contributed by atoms with van der Waals surface area (Å²) >= 11 is 0. The fraction of sp³-hybridized carbons (Fsp3) is 0.900. The zero-order valence-electron chi connectivity index (χ0n) is 9.83. The highest BCUT2D eigenvalue weighted by molar-refractivity contribution is 5.81. The molecule has 0 aliphatic carbocycles. The maximum absolute atomic E-state index is 11.6. The Morgan fingerprint density at radius 3 is 2.36 bits per heavy atom. The molecule has 0 bridgehead atoms. The molecule has 0 saturated carbocycles. The number of likely N-dealkylation sites (N-methyl/N-ethyl adjacent to an activating group) is 1. The minimum absolute atomic E-state index is 0.0678. The molecular weight excluding hydrogens is 180 g/mol. The minimum Gasteiger partial charge on any atom is -0.383 e. The molecule has 4 heteroatoms. The van der Waals surface area contributed by atoms with E-state index in [2.05, 4.69) is 20.8 Å². The monoisotopic (exact) mass is 202 g/mol. The number of carbonyl (C=O) groups is 1. The van der Waals surface area contributed by atoms with Crippen LogP contribution in [0.2, 0.25) is 0 Å². The summed E-state index contributed by atoms with van der Waals surface area (Å²) in [6, 6.07) is -0.549. The zero-order valence-corrected chi connectivity index (χ0v) is 9.83. The first-order valence-electron chi connectivity index (χ1n) is 4.77. The van der Waals surface area contributed by atoms with Crippen LogP contribution in [0.1, 0.15) is 20.8 Å². The van der Waals surface area contributed by atoms with E-state index in [1.54, 1.807) is 11.9 Å². The van der Waals surface area contributed by atoms with Gasteiger partial charge >= 0.3 is 0 Å². The van der Waals surface area contributed by atoms with Gasteiger partial charge in [-0.05, 0) is 5.41 Å². The molecule has 0 aromatic heterocycles. The van der Waals surface area contributed by atoms with E-state index in [-0.39, 0.29) is 17.9 Å². The van der Waals surface area contributed by atoms with Crippen LogP contribution in [-0.2, 0) is 9.53 Å². The smallest absolute Gasteiger partial charge is 0.241 e. The van der Waals surface area contributed by atoms with Gasteiger partial charge in [-0.2, -0.15) is 0 Å². The van der Waals surface area contributed by atoms with Crippen LogP contribution in [0.25, 0.3) is 0 Å². The topological polar surface area (TPSA) is 55.6 Å². The van der Waals surface area contributed by atoms with Crippen molar-refractivity contribution in [3.05, 3.63) is 0 Å². The van der Waals surface area contributed by atoms with Gasteiger partial charge in [-0.1, -0.05) is 20.8 Å². The largest absolute Gasteiger partial charge is 0.383 e. The Labute approximate surface area is 86.4 Å². The molecule has 0 radical (unpaired) electrons. The second kappa shape index (κ2) is 5.32. The predicted octanol–water partition coefficient (Wildman–Crippen LogP) is 0.465. The van der Waals surface area contributed by atoms with E-state index in [4.69, 9.17) is 10.5 Å². The molecule has 0 spiro atoms. The molecule has 0 aliphatic heterocycles. The molecule has 0 aliphatic rings. The minimum atomic E-state index is -0.549. The molecule has 4 nitrogen and oxygen atoms in total. The van der Waals surface area contributed by atoms with Gasteiger partial charge in [0.1, 0.15) is 6.04 Å². The molecular formula is C10H22N2O2. The number of methoxy groups -OCH3 is 1. The van der Waals surface area contributed by atoms with E-state index in [1.165, 1.54) is 7.11 Å².